The monoisotopic (exact) mass is 387 g/mol. The van der Waals surface area contributed by atoms with Crippen molar-refractivity contribution in [3.05, 3.63) is 58.8 Å². The summed E-state index contributed by atoms with van der Waals surface area (Å²) < 4.78 is 18.4. The van der Waals surface area contributed by atoms with Crippen LogP contribution in [0, 0.1) is 19.7 Å². The first kappa shape index (κ1) is 20.1. The number of aryl methyl sites for hydroxylation is 2. The maximum absolute atomic E-state index is 13.0. The minimum atomic E-state index is -0.296. The highest BCUT2D eigenvalue weighted by molar-refractivity contribution is 5.97. The lowest BCUT2D eigenvalue weighted by molar-refractivity contribution is -0.130. The molecule has 7 heteroatoms. The van der Waals surface area contributed by atoms with Gasteiger partial charge in [-0.2, -0.15) is 0 Å². The molecule has 1 N–H and O–H groups in total. The number of halogens is 1. The van der Waals surface area contributed by atoms with Crippen LogP contribution in [-0.2, 0) is 11.3 Å². The standard InChI is InChI=1S/C21H26FN3O3/c1-15-12-19(16(2)28-15)21(27)23-13-20(26)25-9-3-8-24(10-11-25)14-17-4-6-18(22)7-5-17/h4-7,12H,3,8-11,13-14H2,1-2H3,(H,23,27). The number of hydrogen-bond donors (Lipinski definition) is 1. The predicted octanol–water partition coefficient (Wildman–Crippen LogP) is 2.50. The summed E-state index contributed by atoms with van der Waals surface area (Å²) in [5.74, 6) is 0.598. The first-order valence-electron chi connectivity index (χ1n) is 9.52. The van der Waals surface area contributed by atoms with E-state index in [1.807, 2.05) is 0 Å². The number of nitrogens with zero attached hydrogens (tertiary/aromatic N) is 2. The largest absolute Gasteiger partial charge is 0.466 e. The number of hydrogen-bond acceptors (Lipinski definition) is 4. The molecule has 2 heterocycles. The molecule has 3 rings (SSSR count). The van der Waals surface area contributed by atoms with Gasteiger partial charge in [-0.3, -0.25) is 14.5 Å². The van der Waals surface area contributed by atoms with Crippen LogP contribution in [0.4, 0.5) is 4.39 Å². The molecular weight excluding hydrogens is 361 g/mol. The molecule has 1 aromatic heterocycles. The third kappa shape index (κ3) is 5.19. The highest BCUT2D eigenvalue weighted by Crippen LogP contribution is 2.13. The summed E-state index contributed by atoms with van der Waals surface area (Å²) in [5.41, 5.74) is 1.52. The van der Waals surface area contributed by atoms with Gasteiger partial charge in [-0.15, -0.1) is 0 Å². The first-order valence-corrected chi connectivity index (χ1v) is 9.52. The van der Waals surface area contributed by atoms with Gasteiger partial charge in [0.05, 0.1) is 12.1 Å². The number of rotatable bonds is 5. The number of benzene rings is 1. The fourth-order valence-corrected chi connectivity index (χ4v) is 3.45. The van der Waals surface area contributed by atoms with Crippen molar-refractivity contribution < 1.29 is 18.4 Å². The fraction of sp³-hybridized carbons (Fsp3) is 0.429. The van der Waals surface area contributed by atoms with Crippen LogP contribution in [0.5, 0.6) is 0 Å². The molecule has 1 aliphatic rings. The topological polar surface area (TPSA) is 65.8 Å². The predicted molar refractivity (Wildman–Crippen MR) is 103 cm³/mol. The summed E-state index contributed by atoms with van der Waals surface area (Å²) in [6, 6.07) is 8.19. The van der Waals surface area contributed by atoms with Gasteiger partial charge in [-0.05, 0) is 44.0 Å². The minimum absolute atomic E-state index is 0.0273. The van der Waals surface area contributed by atoms with E-state index >= 15 is 0 Å². The van der Waals surface area contributed by atoms with E-state index in [9.17, 15) is 14.0 Å². The Bertz CT molecular complexity index is 832. The lowest BCUT2D eigenvalue weighted by atomic mass is 10.2. The van der Waals surface area contributed by atoms with Gasteiger partial charge in [0.1, 0.15) is 17.3 Å². The van der Waals surface area contributed by atoms with Crippen LogP contribution in [0.3, 0.4) is 0 Å². The van der Waals surface area contributed by atoms with Gasteiger partial charge in [-0.25, -0.2) is 4.39 Å². The Hall–Kier alpha value is -2.67. The van der Waals surface area contributed by atoms with Crippen molar-refractivity contribution in [1.29, 1.82) is 0 Å². The van der Waals surface area contributed by atoms with E-state index in [0.29, 0.717) is 30.2 Å². The molecule has 1 saturated heterocycles. The average Bonchev–Trinajstić information content (AvgIpc) is 2.87. The van der Waals surface area contributed by atoms with Crippen molar-refractivity contribution in [3.8, 4) is 0 Å². The van der Waals surface area contributed by atoms with E-state index in [0.717, 1.165) is 31.6 Å². The highest BCUT2D eigenvalue weighted by atomic mass is 19.1. The lowest BCUT2D eigenvalue weighted by Crippen LogP contribution is -2.42. The number of carbonyl (C=O) groups excluding carboxylic acids is 2. The van der Waals surface area contributed by atoms with Crippen LogP contribution in [0.25, 0.3) is 0 Å². The van der Waals surface area contributed by atoms with Gasteiger partial charge in [0.2, 0.25) is 5.91 Å². The Morgan fingerprint density at radius 3 is 2.54 bits per heavy atom. The van der Waals surface area contributed by atoms with Gasteiger partial charge in [0.15, 0.2) is 0 Å². The van der Waals surface area contributed by atoms with Gasteiger partial charge in [-0.1, -0.05) is 12.1 Å². The lowest BCUT2D eigenvalue weighted by Gasteiger charge is -2.22. The van der Waals surface area contributed by atoms with Crippen LogP contribution in [0.2, 0.25) is 0 Å². The zero-order chi connectivity index (χ0) is 20.1. The van der Waals surface area contributed by atoms with Gasteiger partial charge in [0.25, 0.3) is 5.91 Å². The van der Waals surface area contributed by atoms with Crippen LogP contribution in [0.1, 0.15) is 33.9 Å². The third-order valence-electron chi connectivity index (χ3n) is 4.95. The molecule has 0 radical (unpaired) electrons. The Morgan fingerprint density at radius 1 is 1.11 bits per heavy atom. The Kier molecular flexibility index (Phi) is 6.46. The molecule has 0 bridgehead atoms. The SMILES string of the molecule is Cc1cc(C(=O)NCC(=O)N2CCCN(Cc3ccc(F)cc3)CC2)c(C)o1. The molecule has 2 amide bonds. The smallest absolute Gasteiger partial charge is 0.255 e. The van der Waals surface area contributed by atoms with Crippen molar-refractivity contribution in [1.82, 2.24) is 15.1 Å². The zero-order valence-electron chi connectivity index (χ0n) is 16.3. The van der Waals surface area contributed by atoms with Crippen LogP contribution >= 0.6 is 0 Å². The fourth-order valence-electron chi connectivity index (χ4n) is 3.45. The summed E-state index contributed by atoms with van der Waals surface area (Å²) in [7, 11) is 0. The van der Waals surface area contributed by atoms with Crippen LogP contribution in [-0.4, -0.2) is 54.3 Å². The maximum atomic E-state index is 13.0. The van der Waals surface area contributed by atoms with E-state index in [4.69, 9.17) is 4.42 Å². The summed E-state index contributed by atoms with van der Waals surface area (Å²) in [5, 5.41) is 2.69. The minimum Gasteiger partial charge on any atom is -0.466 e. The van der Waals surface area contributed by atoms with E-state index < -0.39 is 0 Å². The zero-order valence-corrected chi connectivity index (χ0v) is 16.3. The number of furan rings is 1. The van der Waals surface area contributed by atoms with E-state index in [1.165, 1.54) is 12.1 Å². The van der Waals surface area contributed by atoms with Crippen LogP contribution < -0.4 is 5.32 Å². The molecule has 28 heavy (non-hydrogen) atoms. The molecule has 0 saturated carbocycles. The van der Waals surface area contributed by atoms with Crippen molar-refractivity contribution in [3.63, 3.8) is 0 Å². The first-order chi connectivity index (χ1) is 13.4. The number of amides is 2. The highest BCUT2D eigenvalue weighted by Gasteiger charge is 2.21. The van der Waals surface area contributed by atoms with Crippen molar-refractivity contribution in [2.45, 2.75) is 26.8 Å². The quantitative estimate of drug-likeness (QED) is 0.856. The second kappa shape index (κ2) is 9.01. The number of nitrogens with one attached hydrogen (secondary N) is 1. The molecule has 150 valence electrons. The molecule has 0 unspecified atom stereocenters. The van der Waals surface area contributed by atoms with Crippen molar-refractivity contribution in [2.75, 3.05) is 32.7 Å². The second-order valence-electron chi connectivity index (χ2n) is 7.15. The van der Waals surface area contributed by atoms with Gasteiger partial charge >= 0.3 is 0 Å². The summed E-state index contributed by atoms with van der Waals surface area (Å²) in [4.78, 5) is 28.8. The average molecular weight is 387 g/mol. The summed E-state index contributed by atoms with van der Waals surface area (Å²) >= 11 is 0. The molecule has 0 aliphatic carbocycles. The van der Waals surface area contributed by atoms with E-state index in [1.54, 1.807) is 36.9 Å². The second-order valence-corrected chi connectivity index (χ2v) is 7.15. The molecule has 1 aromatic carbocycles. The molecule has 1 fully saturated rings. The Morgan fingerprint density at radius 2 is 1.86 bits per heavy atom. The maximum Gasteiger partial charge on any atom is 0.255 e. The van der Waals surface area contributed by atoms with Gasteiger partial charge < -0.3 is 14.6 Å². The molecule has 6 nitrogen and oxygen atoms in total. The Labute approximate surface area is 164 Å². The Balaban J connectivity index is 1.48. The molecule has 0 atom stereocenters. The normalized spacial score (nSPS) is 15.3. The molecule has 0 spiro atoms. The summed E-state index contributed by atoms with van der Waals surface area (Å²) in [6.45, 7) is 7.12. The molecular formula is C21H26FN3O3. The number of carbonyl (C=O) groups is 2. The van der Waals surface area contributed by atoms with Crippen LogP contribution in [0.15, 0.2) is 34.7 Å². The van der Waals surface area contributed by atoms with Crippen molar-refractivity contribution in [2.24, 2.45) is 0 Å². The molecule has 1 aliphatic heterocycles. The van der Waals surface area contributed by atoms with Crippen molar-refractivity contribution >= 4 is 11.8 Å². The van der Waals surface area contributed by atoms with E-state index in [2.05, 4.69) is 10.2 Å². The summed E-state index contributed by atoms with van der Waals surface area (Å²) in [6.07, 6.45) is 0.862. The third-order valence-corrected chi connectivity index (χ3v) is 4.95. The van der Waals surface area contributed by atoms with E-state index in [-0.39, 0.29) is 24.2 Å². The van der Waals surface area contributed by atoms with Gasteiger partial charge in [0, 0.05) is 32.7 Å². The molecule has 2 aromatic rings.